The van der Waals surface area contributed by atoms with Crippen molar-refractivity contribution in [1.29, 1.82) is 5.26 Å². The molecule has 1 aromatic rings. The second kappa shape index (κ2) is 4.20. The summed E-state index contributed by atoms with van der Waals surface area (Å²) in [4.78, 5) is 2.16. The number of rotatable bonds is 1. The number of anilines is 1. The Kier molecular flexibility index (Phi) is 2.75. The number of phenols is 1. The average Bonchev–Trinajstić information content (AvgIpc) is 2.30. The maximum Gasteiger partial charge on any atom is 0.117 e. The van der Waals surface area contributed by atoms with Crippen LogP contribution in [0.4, 0.5) is 5.69 Å². The Morgan fingerprint density at radius 3 is 2.73 bits per heavy atom. The fourth-order valence-electron chi connectivity index (χ4n) is 1.80. The van der Waals surface area contributed by atoms with Crippen LogP contribution in [0.15, 0.2) is 18.2 Å². The van der Waals surface area contributed by atoms with Gasteiger partial charge in [-0.25, -0.2) is 0 Å². The largest absolute Gasteiger partial charge is 0.508 e. The first-order valence-electron chi connectivity index (χ1n) is 5.00. The summed E-state index contributed by atoms with van der Waals surface area (Å²) in [5.41, 5.74) is 1.45. The van der Waals surface area contributed by atoms with Crippen molar-refractivity contribution in [2.75, 3.05) is 31.1 Å². The van der Waals surface area contributed by atoms with Gasteiger partial charge in [-0.15, -0.1) is 0 Å². The van der Waals surface area contributed by atoms with Gasteiger partial charge < -0.3 is 15.3 Å². The number of nitrogens with one attached hydrogen (secondary N) is 1. The van der Waals surface area contributed by atoms with Crippen molar-refractivity contribution in [2.24, 2.45) is 0 Å². The number of benzene rings is 1. The van der Waals surface area contributed by atoms with Gasteiger partial charge in [-0.05, 0) is 18.2 Å². The molecule has 1 aliphatic rings. The molecule has 1 saturated heterocycles. The molecule has 0 radical (unpaired) electrons. The van der Waals surface area contributed by atoms with Crippen molar-refractivity contribution in [2.45, 2.75) is 0 Å². The lowest BCUT2D eigenvalue weighted by atomic mass is 10.1. The van der Waals surface area contributed by atoms with Crippen LogP contribution in [0.5, 0.6) is 5.75 Å². The Balaban J connectivity index is 2.30. The molecular formula is C11H13N3O. The molecule has 0 spiro atoms. The SMILES string of the molecule is N#Cc1cc(O)ccc1N1CCNCC1. The molecule has 4 nitrogen and oxygen atoms in total. The normalized spacial score (nSPS) is 16.1. The van der Waals surface area contributed by atoms with Gasteiger partial charge in [0, 0.05) is 26.2 Å². The van der Waals surface area contributed by atoms with E-state index in [2.05, 4.69) is 16.3 Å². The summed E-state index contributed by atoms with van der Waals surface area (Å²) in [6, 6.07) is 7.05. The van der Waals surface area contributed by atoms with Crippen LogP contribution in [0.1, 0.15) is 5.56 Å². The van der Waals surface area contributed by atoms with E-state index >= 15 is 0 Å². The molecule has 78 valence electrons. The van der Waals surface area contributed by atoms with Crippen molar-refractivity contribution in [3.8, 4) is 11.8 Å². The van der Waals surface area contributed by atoms with Crippen molar-refractivity contribution in [3.63, 3.8) is 0 Å². The van der Waals surface area contributed by atoms with Crippen LogP contribution in [-0.2, 0) is 0 Å². The summed E-state index contributed by atoms with van der Waals surface area (Å²) in [5.74, 6) is 0.144. The quantitative estimate of drug-likeness (QED) is 0.704. The molecule has 0 saturated carbocycles. The molecule has 15 heavy (non-hydrogen) atoms. The van der Waals surface area contributed by atoms with Gasteiger partial charge in [-0.2, -0.15) is 5.26 Å². The summed E-state index contributed by atoms with van der Waals surface area (Å²) >= 11 is 0. The van der Waals surface area contributed by atoms with Gasteiger partial charge in [0.1, 0.15) is 11.8 Å². The number of nitriles is 1. The van der Waals surface area contributed by atoms with Gasteiger partial charge in [0.2, 0.25) is 0 Å². The number of hydrogen-bond acceptors (Lipinski definition) is 4. The van der Waals surface area contributed by atoms with Crippen molar-refractivity contribution in [1.82, 2.24) is 5.32 Å². The Morgan fingerprint density at radius 2 is 2.07 bits per heavy atom. The average molecular weight is 203 g/mol. The standard InChI is InChI=1S/C11H13N3O/c12-8-9-7-10(15)1-2-11(9)14-5-3-13-4-6-14/h1-2,7,13,15H,3-6H2. The molecule has 1 heterocycles. The van der Waals surface area contributed by atoms with Crippen LogP contribution < -0.4 is 10.2 Å². The van der Waals surface area contributed by atoms with E-state index in [9.17, 15) is 5.11 Å². The molecule has 4 heteroatoms. The molecular weight excluding hydrogens is 190 g/mol. The van der Waals surface area contributed by atoms with Gasteiger partial charge in [-0.1, -0.05) is 0 Å². The Hall–Kier alpha value is -1.73. The maximum atomic E-state index is 9.29. The van der Waals surface area contributed by atoms with Crippen molar-refractivity contribution in [3.05, 3.63) is 23.8 Å². The fourth-order valence-corrected chi connectivity index (χ4v) is 1.80. The lowest BCUT2D eigenvalue weighted by Gasteiger charge is -2.30. The highest BCUT2D eigenvalue weighted by molar-refractivity contribution is 5.61. The van der Waals surface area contributed by atoms with Crippen molar-refractivity contribution >= 4 is 5.69 Å². The number of aromatic hydroxyl groups is 1. The molecule has 1 aromatic carbocycles. The summed E-state index contributed by atoms with van der Waals surface area (Å²) in [7, 11) is 0. The third-order valence-corrected chi connectivity index (χ3v) is 2.56. The summed E-state index contributed by atoms with van der Waals surface area (Å²) in [5, 5.41) is 21.5. The first-order valence-corrected chi connectivity index (χ1v) is 5.00. The summed E-state index contributed by atoms with van der Waals surface area (Å²) in [6.07, 6.45) is 0. The zero-order valence-electron chi connectivity index (χ0n) is 8.40. The van der Waals surface area contributed by atoms with Gasteiger partial charge in [0.15, 0.2) is 0 Å². The van der Waals surface area contributed by atoms with E-state index in [1.54, 1.807) is 12.1 Å². The fraction of sp³-hybridized carbons (Fsp3) is 0.364. The van der Waals surface area contributed by atoms with E-state index in [0.717, 1.165) is 31.9 Å². The number of nitrogens with zero attached hydrogens (tertiary/aromatic N) is 2. The van der Waals surface area contributed by atoms with E-state index in [1.165, 1.54) is 6.07 Å². The van der Waals surface area contributed by atoms with Crippen LogP contribution in [0.25, 0.3) is 0 Å². The van der Waals surface area contributed by atoms with Gasteiger partial charge >= 0.3 is 0 Å². The van der Waals surface area contributed by atoms with Crippen LogP contribution in [-0.4, -0.2) is 31.3 Å². The van der Waals surface area contributed by atoms with Gasteiger partial charge in [0.05, 0.1) is 11.3 Å². The van der Waals surface area contributed by atoms with E-state index < -0.39 is 0 Å². The third-order valence-electron chi connectivity index (χ3n) is 2.56. The van der Waals surface area contributed by atoms with E-state index in [-0.39, 0.29) is 5.75 Å². The predicted molar refractivity (Wildman–Crippen MR) is 57.9 cm³/mol. The van der Waals surface area contributed by atoms with E-state index in [4.69, 9.17) is 5.26 Å². The van der Waals surface area contributed by atoms with Crippen LogP contribution in [0.3, 0.4) is 0 Å². The van der Waals surface area contributed by atoms with Gasteiger partial charge in [-0.3, -0.25) is 0 Å². The first-order chi connectivity index (χ1) is 7.31. The Morgan fingerprint density at radius 1 is 1.33 bits per heavy atom. The molecule has 0 aliphatic carbocycles. The monoisotopic (exact) mass is 203 g/mol. The maximum absolute atomic E-state index is 9.29. The molecule has 2 rings (SSSR count). The molecule has 0 bridgehead atoms. The molecule has 1 aliphatic heterocycles. The number of piperazine rings is 1. The Labute approximate surface area is 88.7 Å². The topological polar surface area (TPSA) is 59.3 Å². The highest BCUT2D eigenvalue weighted by Crippen LogP contribution is 2.24. The molecule has 0 amide bonds. The van der Waals surface area contributed by atoms with Crippen LogP contribution >= 0.6 is 0 Å². The zero-order chi connectivity index (χ0) is 10.7. The second-order valence-corrected chi connectivity index (χ2v) is 3.55. The minimum atomic E-state index is 0.144. The highest BCUT2D eigenvalue weighted by atomic mass is 16.3. The minimum absolute atomic E-state index is 0.144. The van der Waals surface area contributed by atoms with Crippen LogP contribution in [0.2, 0.25) is 0 Å². The predicted octanol–water partition coefficient (Wildman–Crippen LogP) is 0.673. The van der Waals surface area contributed by atoms with E-state index in [1.807, 2.05) is 0 Å². The zero-order valence-corrected chi connectivity index (χ0v) is 8.40. The minimum Gasteiger partial charge on any atom is -0.508 e. The molecule has 0 unspecified atom stereocenters. The first kappa shape index (κ1) is 9.81. The molecule has 1 fully saturated rings. The number of phenolic OH excluding ortho intramolecular Hbond substituents is 1. The second-order valence-electron chi connectivity index (χ2n) is 3.55. The van der Waals surface area contributed by atoms with E-state index in [0.29, 0.717) is 5.56 Å². The summed E-state index contributed by atoms with van der Waals surface area (Å²) in [6.45, 7) is 3.68. The molecule has 0 atom stereocenters. The van der Waals surface area contributed by atoms with Crippen LogP contribution in [0, 0.1) is 11.3 Å². The van der Waals surface area contributed by atoms with Gasteiger partial charge in [0.25, 0.3) is 0 Å². The Bertz CT molecular complexity index is 391. The lowest BCUT2D eigenvalue weighted by molar-refractivity contribution is 0.475. The smallest absolute Gasteiger partial charge is 0.117 e. The lowest BCUT2D eigenvalue weighted by Crippen LogP contribution is -2.43. The van der Waals surface area contributed by atoms with Crippen molar-refractivity contribution < 1.29 is 5.11 Å². The summed E-state index contributed by atoms with van der Waals surface area (Å²) < 4.78 is 0. The highest BCUT2D eigenvalue weighted by Gasteiger charge is 2.14. The molecule has 2 N–H and O–H groups in total. The number of hydrogen-bond donors (Lipinski definition) is 2. The molecule has 0 aromatic heterocycles. The third kappa shape index (κ3) is 2.03.